The normalized spacial score (nSPS) is 10.1. The SMILES string of the molecule is COc1ccccc1-c1cc(=O)n(CC(=O)Nc2ccccc2C#N)cn1. The number of hydrogen-bond acceptors (Lipinski definition) is 5. The van der Waals surface area contributed by atoms with Gasteiger partial charge >= 0.3 is 0 Å². The molecular weight excluding hydrogens is 344 g/mol. The molecule has 2 aromatic carbocycles. The zero-order chi connectivity index (χ0) is 19.2. The first-order valence-electron chi connectivity index (χ1n) is 8.11. The van der Waals surface area contributed by atoms with E-state index in [-0.39, 0.29) is 12.1 Å². The molecule has 3 rings (SSSR count). The van der Waals surface area contributed by atoms with Crippen LogP contribution in [0.4, 0.5) is 5.69 Å². The fraction of sp³-hybridized carbons (Fsp3) is 0.100. The molecule has 7 heteroatoms. The second kappa shape index (κ2) is 7.97. The average molecular weight is 360 g/mol. The van der Waals surface area contributed by atoms with Crippen LogP contribution in [0.15, 0.2) is 65.7 Å². The Morgan fingerprint density at radius 1 is 1.22 bits per heavy atom. The zero-order valence-corrected chi connectivity index (χ0v) is 14.5. The van der Waals surface area contributed by atoms with Crippen LogP contribution >= 0.6 is 0 Å². The van der Waals surface area contributed by atoms with Crippen LogP contribution in [0.1, 0.15) is 5.56 Å². The number of ether oxygens (including phenoxy) is 1. The van der Waals surface area contributed by atoms with Crippen LogP contribution in [0.5, 0.6) is 5.75 Å². The number of para-hydroxylation sites is 2. The van der Waals surface area contributed by atoms with Crippen molar-refractivity contribution >= 4 is 11.6 Å². The van der Waals surface area contributed by atoms with E-state index >= 15 is 0 Å². The Balaban J connectivity index is 1.80. The molecule has 0 aliphatic heterocycles. The minimum atomic E-state index is -0.424. The third kappa shape index (κ3) is 4.02. The molecule has 0 atom stereocenters. The summed E-state index contributed by atoms with van der Waals surface area (Å²) >= 11 is 0. The zero-order valence-electron chi connectivity index (χ0n) is 14.5. The second-order valence-corrected chi connectivity index (χ2v) is 5.65. The minimum Gasteiger partial charge on any atom is -0.496 e. The molecule has 3 aromatic rings. The van der Waals surface area contributed by atoms with Gasteiger partial charge in [0, 0.05) is 11.6 Å². The fourth-order valence-corrected chi connectivity index (χ4v) is 2.58. The van der Waals surface area contributed by atoms with Gasteiger partial charge in [0.25, 0.3) is 5.56 Å². The summed E-state index contributed by atoms with van der Waals surface area (Å²) in [6.07, 6.45) is 1.32. The number of carbonyl (C=O) groups is 1. The van der Waals surface area contributed by atoms with E-state index in [9.17, 15) is 9.59 Å². The lowest BCUT2D eigenvalue weighted by Crippen LogP contribution is -2.27. The fourth-order valence-electron chi connectivity index (χ4n) is 2.58. The van der Waals surface area contributed by atoms with Gasteiger partial charge in [-0.2, -0.15) is 5.26 Å². The molecule has 1 aromatic heterocycles. The van der Waals surface area contributed by atoms with Gasteiger partial charge in [-0.25, -0.2) is 4.98 Å². The van der Waals surface area contributed by atoms with Crippen molar-refractivity contribution in [2.75, 3.05) is 12.4 Å². The van der Waals surface area contributed by atoms with Gasteiger partial charge in [-0.05, 0) is 24.3 Å². The highest BCUT2D eigenvalue weighted by atomic mass is 16.5. The molecule has 0 fully saturated rings. The summed E-state index contributed by atoms with van der Waals surface area (Å²) in [5, 5.41) is 11.7. The first kappa shape index (κ1) is 17.9. The van der Waals surface area contributed by atoms with Crippen molar-refractivity contribution < 1.29 is 9.53 Å². The van der Waals surface area contributed by atoms with Gasteiger partial charge in [-0.1, -0.05) is 24.3 Å². The number of anilines is 1. The molecule has 0 bridgehead atoms. The van der Waals surface area contributed by atoms with E-state index in [0.29, 0.717) is 28.3 Å². The number of benzene rings is 2. The number of nitrogens with zero attached hydrogens (tertiary/aromatic N) is 3. The number of methoxy groups -OCH3 is 1. The summed E-state index contributed by atoms with van der Waals surface area (Å²) in [6.45, 7) is -0.211. The highest BCUT2D eigenvalue weighted by molar-refractivity contribution is 5.91. The van der Waals surface area contributed by atoms with E-state index in [1.54, 1.807) is 43.5 Å². The maximum absolute atomic E-state index is 12.4. The van der Waals surface area contributed by atoms with E-state index in [1.807, 2.05) is 18.2 Å². The molecule has 1 heterocycles. The smallest absolute Gasteiger partial charge is 0.254 e. The molecular formula is C20H16N4O3. The Morgan fingerprint density at radius 2 is 1.96 bits per heavy atom. The Hall–Kier alpha value is -3.92. The molecule has 0 spiro atoms. The van der Waals surface area contributed by atoms with E-state index in [0.717, 1.165) is 0 Å². The summed E-state index contributed by atoms with van der Waals surface area (Å²) in [7, 11) is 1.55. The molecule has 0 unspecified atom stereocenters. The third-order valence-corrected chi connectivity index (χ3v) is 3.90. The number of amides is 1. The Bertz CT molecular complexity index is 1080. The van der Waals surface area contributed by atoms with Crippen LogP contribution in [-0.2, 0) is 11.3 Å². The Labute approximate surface area is 155 Å². The van der Waals surface area contributed by atoms with E-state index in [4.69, 9.17) is 10.00 Å². The quantitative estimate of drug-likeness (QED) is 0.754. The molecule has 0 aliphatic rings. The number of hydrogen-bond donors (Lipinski definition) is 1. The van der Waals surface area contributed by atoms with Gasteiger partial charge in [-0.15, -0.1) is 0 Å². The molecule has 0 saturated carbocycles. The lowest BCUT2D eigenvalue weighted by Gasteiger charge is -2.10. The van der Waals surface area contributed by atoms with Gasteiger partial charge in [0.05, 0.1) is 30.4 Å². The molecule has 1 amide bonds. The lowest BCUT2D eigenvalue weighted by molar-refractivity contribution is -0.116. The van der Waals surface area contributed by atoms with Gasteiger partial charge in [0.15, 0.2) is 0 Å². The van der Waals surface area contributed by atoms with Gasteiger partial charge in [0.2, 0.25) is 5.91 Å². The van der Waals surface area contributed by atoms with Crippen LogP contribution in [0.25, 0.3) is 11.3 Å². The van der Waals surface area contributed by atoms with Crippen LogP contribution in [0.2, 0.25) is 0 Å². The molecule has 27 heavy (non-hydrogen) atoms. The molecule has 7 nitrogen and oxygen atoms in total. The molecule has 0 radical (unpaired) electrons. The molecule has 0 saturated heterocycles. The minimum absolute atomic E-state index is 0.211. The second-order valence-electron chi connectivity index (χ2n) is 5.65. The Kier molecular flexibility index (Phi) is 5.28. The Morgan fingerprint density at radius 3 is 2.70 bits per heavy atom. The van der Waals surface area contributed by atoms with E-state index in [2.05, 4.69) is 10.3 Å². The van der Waals surface area contributed by atoms with Crippen molar-refractivity contribution in [1.29, 1.82) is 5.26 Å². The average Bonchev–Trinajstić information content (AvgIpc) is 2.70. The topological polar surface area (TPSA) is 97.0 Å². The number of aromatic nitrogens is 2. The van der Waals surface area contributed by atoms with Crippen molar-refractivity contribution in [2.24, 2.45) is 0 Å². The van der Waals surface area contributed by atoms with Crippen molar-refractivity contribution in [1.82, 2.24) is 9.55 Å². The maximum atomic E-state index is 12.4. The third-order valence-electron chi connectivity index (χ3n) is 3.90. The summed E-state index contributed by atoms with van der Waals surface area (Å²) in [5.41, 5.74) is 1.54. The number of nitrogens with one attached hydrogen (secondary N) is 1. The molecule has 0 aliphatic carbocycles. The number of rotatable bonds is 5. The lowest BCUT2D eigenvalue weighted by atomic mass is 10.1. The molecule has 134 valence electrons. The van der Waals surface area contributed by atoms with Crippen LogP contribution < -0.4 is 15.6 Å². The highest BCUT2D eigenvalue weighted by Crippen LogP contribution is 2.26. The van der Waals surface area contributed by atoms with Crippen molar-refractivity contribution in [3.63, 3.8) is 0 Å². The summed E-state index contributed by atoms with van der Waals surface area (Å²) in [5.74, 6) is 0.180. The largest absolute Gasteiger partial charge is 0.496 e. The van der Waals surface area contributed by atoms with Crippen LogP contribution in [0.3, 0.4) is 0 Å². The van der Waals surface area contributed by atoms with Crippen molar-refractivity contribution in [2.45, 2.75) is 6.54 Å². The van der Waals surface area contributed by atoms with Crippen molar-refractivity contribution in [3.8, 4) is 23.1 Å². The number of nitriles is 1. The van der Waals surface area contributed by atoms with Crippen molar-refractivity contribution in [3.05, 3.63) is 76.8 Å². The summed E-state index contributed by atoms with van der Waals surface area (Å²) in [6, 6.07) is 17.2. The standard InChI is InChI=1S/C20H16N4O3/c1-27-18-9-5-3-7-15(18)17-10-20(26)24(13-22-17)12-19(25)23-16-8-4-2-6-14(16)11-21/h2-10,13H,12H2,1H3,(H,23,25). The molecule has 1 N–H and O–H groups in total. The number of carbonyl (C=O) groups excluding carboxylic acids is 1. The monoisotopic (exact) mass is 360 g/mol. The predicted octanol–water partition coefficient (Wildman–Crippen LogP) is 2.43. The summed E-state index contributed by atoms with van der Waals surface area (Å²) < 4.78 is 6.48. The first-order chi connectivity index (χ1) is 13.1. The highest BCUT2D eigenvalue weighted by Gasteiger charge is 2.11. The predicted molar refractivity (Wildman–Crippen MR) is 100 cm³/mol. The van der Waals surface area contributed by atoms with Crippen LogP contribution in [0, 0.1) is 11.3 Å². The van der Waals surface area contributed by atoms with Gasteiger partial charge in [-0.3, -0.25) is 14.2 Å². The van der Waals surface area contributed by atoms with Gasteiger partial charge in [0.1, 0.15) is 18.4 Å². The van der Waals surface area contributed by atoms with E-state index in [1.165, 1.54) is 17.0 Å². The van der Waals surface area contributed by atoms with Gasteiger partial charge < -0.3 is 10.1 Å². The maximum Gasteiger partial charge on any atom is 0.254 e. The summed E-state index contributed by atoms with van der Waals surface area (Å²) in [4.78, 5) is 28.9. The first-order valence-corrected chi connectivity index (χ1v) is 8.11. The van der Waals surface area contributed by atoms with Crippen LogP contribution in [-0.4, -0.2) is 22.6 Å². The van der Waals surface area contributed by atoms with E-state index < -0.39 is 5.91 Å².